The first kappa shape index (κ1) is 24.2. The van der Waals surface area contributed by atoms with Gasteiger partial charge in [0.15, 0.2) is 0 Å². The molecule has 1 aromatic heterocycles. The van der Waals surface area contributed by atoms with Gasteiger partial charge in [0, 0.05) is 17.1 Å². The lowest BCUT2D eigenvalue weighted by atomic mass is 10.0. The minimum Gasteiger partial charge on any atom is -0.497 e. The normalized spacial score (nSPS) is 11.5. The van der Waals surface area contributed by atoms with Crippen molar-refractivity contribution in [3.8, 4) is 5.75 Å². The van der Waals surface area contributed by atoms with E-state index in [-0.39, 0.29) is 18.2 Å². The van der Waals surface area contributed by atoms with Crippen LogP contribution in [0.15, 0.2) is 96.4 Å². The van der Waals surface area contributed by atoms with Crippen molar-refractivity contribution in [2.24, 2.45) is 0 Å². The molecule has 0 radical (unpaired) electrons. The zero-order valence-corrected chi connectivity index (χ0v) is 20.6. The van der Waals surface area contributed by atoms with Crippen LogP contribution in [0.4, 0.5) is 5.69 Å². The molecule has 0 spiro atoms. The van der Waals surface area contributed by atoms with Crippen LogP contribution in [0.25, 0.3) is 0 Å². The topological polar surface area (TPSA) is 58.6 Å². The number of carbonyl (C=O) groups is 2. The Morgan fingerprint density at radius 2 is 1.63 bits per heavy atom. The van der Waals surface area contributed by atoms with Crippen molar-refractivity contribution in [3.05, 3.63) is 118 Å². The number of methoxy groups -OCH3 is 1. The number of hydrogen-bond acceptors (Lipinski definition) is 4. The van der Waals surface area contributed by atoms with Gasteiger partial charge in [0.1, 0.15) is 11.8 Å². The Labute approximate surface area is 210 Å². The summed E-state index contributed by atoms with van der Waals surface area (Å²) in [5.74, 6) is 0.287. The van der Waals surface area contributed by atoms with Crippen molar-refractivity contribution >= 4 is 28.8 Å². The Kier molecular flexibility index (Phi) is 7.95. The summed E-state index contributed by atoms with van der Waals surface area (Å²) in [6.07, 6.45) is 0.212. The van der Waals surface area contributed by atoms with Gasteiger partial charge >= 0.3 is 0 Å². The van der Waals surface area contributed by atoms with Crippen LogP contribution in [0.3, 0.4) is 0 Å². The lowest BCUT2D eigenvalue weighted by Crippen LogP contribution is -2.44. The summed E-state index contributed by atoms with van der Waals surface area (Å²) in [7, 11) is 1.60. The summed E-state index contributed by atoms with van der Waals surface area (Å²) in [5, 5.41) is 4.99. The molecule has 0 saturated carbocycles. The summed E-state index contributed by atoms with van der Waals surface area (Å²) in [6, 6.07) is 27.7. The number of carbonyl (C=O) groups excluding carboxylic acids is 2. The van der Waals surface area contributed by atoms with Crippen LogP contribution in [0.1, 0.15) is 27.6 Å². The number of thiophene rings is 1. The molecule has 1 heterocycles. The van der Waals surface area contributed by atoms with Crippen LogP contribution in [0.5, 0.6) is 5.75 Å². The SMILES string of the molecule is COc1ccc(C(C(=O)NCc2ccccc2)N(C(=O)Cc2cccs2)c2ccc(C)cc2)cc1. The smallest absolute Gasteiger partial charge is 0.248 e. The molecule has 0 aliphatic carbocycles. The largest absolute Gasteiger partial charge is 0.497 e. The molecule has 2 amide bonds. The van der Waals surface area contributed by atoms with E-state index in [2.05, 4.69) is 5.32 Å². The lowest BCUT2D eigenvalue weighted by molar-refractivity contribution is -0.126. The van der Waals surface area contributed by atoms with E-state index in [1.807, 2.05) is 103 Å². The second-order valence-corrected chi connectivity index (χ2v) is 9.27. The zero-order valence-electron chi connectivity index (χ0n) is 19.8. The number of aryl methyl sites for hydroxylation is 1. The fraction of sp³-hybridized carbons (Fsp3) is 0.172. The van der Waals surface area contributed by atoms with E-state index in [1.54, 1.807) is 12.0 Å². The molecular formula is C29H28N2O3S. The van der Waals surface area contributed by atoms with Gasteiger partial charge in [-0.05, 0) is 53.8 Å². The van der Waals surface area contributed by atoms with Crippen molar-refractivity contribution in [3.63, 3.8) is 0 Å². The molecule has 5 nitrogen and oxygen atoms in total. The minimum absolute atomic E-state index is 0.146. The molecule has 0 aliphatic rings. The third kappa shape index (κ3) is 6.16. The molecular weight excluding hydrogens is 456 g/mol. The first-order chi connectivity index (χ1) is 17.0. The number of nitrogens with zero attached hydrogens (tertiary/aromatic N) is 1. The number of ether oxygens (including phenoxy) is 1. The fourth-order valence-corrected chi connectivity index (χ4v) is 4.57. The summed E-state index contributed by atoms with van der Waals surface area (Å²) < 4.78 is 5.31. The predicted molar refractivity (Wildman–Crippen MR) is 141 cm³/mol. The third-order valence-electron chi connectivity index (χ3n) is 5.73. The molecule has 0 aliphatic heterocycles. The van der Waals surface area contributed by atoms with Crippen molar-refractivity contribution in [2.75, 3.05) is 12.0 Å². The molecule has 4 rings (SSSR count). The van der Waals surface area contributed by atoms with Crippen LogP contribution < -0.4 is 15.0 Å². The van der Waals surface area contributed by atoms with Crippen LogP contribution in [-0.4, -0.2) is 18.9 Å². The molecule has 35 heavy (non-hydrogen) atoms. The molecule has 1 unspecified atom stereocenters. The van der Waals surface area contributed by atoms with Gasteiger partial charge in [0.05, 0.1) is 13.5 Å². The van der Waals surface area contributed by atoms with E-state index in [1.165, 1.54) is 11.3 Å². The number of amides is 2. The highest BCUT2D eigenvalue weighted by Gasteiger charge is 2.33. The molecule has 1 atom stereocenters. The van der Waals surface area contributed by atoms with Gasteiger partial charge in [-0.2, -0.15) is 0 Å². The highest BCUT2D eigenvalue weighted by Crippen LogP contribution is 2.31. The first-order valence-corrected chi connectivity index (χ1v) is 12.3. The number of rotatable bonds is 9. The van der Waals surface area contributed by atoms with Crippen molar-refractivity contribution < 1.29 is 14.3 Å². The highest BCUT2D eigenvalue weighted by atomic mass is 32.1. The van der Waals surface area contributed by atoms with E-state index < -0.39 is 6.04 Å². The van der Waals surface area contributed by atoms with Gasteiger partial charge in [0.2, 0.25) is 11.8 Å². The Morgan fingerprint density at radius 1 is 0.914 bits per heavy atom. The lowest BCUT2D eigenvalue weighted by Gasteiger charge is -2.32. The van der Waals surface area contributed by atoms with Crippen LogP contribution >= 0.6 is 11.3 Å². The first-order valence-electron chi connectivity index (χ1n) is 11.4. The molecule has 1 N–H and O–H groups in total. The van der Waals surface area contributed by atoms with Gasteiger partial charge in [-0.1, -0.05) is 66.2 Å². The van der Waals surface area contributed by atoms with E-state index >= 15 is 0 Å². The molecule has 178 valence electrons. The minimum atomic E-state index is -0.847. The van der Waals surface area contributed by atoms with Gasteiger partial charge < -0.3 is 10.1 Å². The fourth-order valence-electron chi connectivity index (χ4n) is 3.88. The van der Waals surface area contributed by atoms with E-state index in [0.29, 0.717) is 23.5 Å². The Balaban J connectivity index is 1.73. The average Bonchev–Trinajstić information content (AvgIpc) is 3.40. The predicted octanol–water partition coefficient (Wildman–Crippen LogP) is 5.70. The second-order valence-electron chi connectivity index (χ2n) is 8.23. The quantitative estimate of drug-likeness (QED) is 0.332. The van der Waals surface area contributed by atoms with Crippen LogP contribution in [0.2, 0.25) is 0 Å². The van der Waals surface area contributed by atoms with Crippen LogP contribution in [0, 0.1) is 6.92 Å². The Hall–Kier alpha value is -3.90. The van der Waals surface area contributed by atoms with Gasteiger partial charge in [-0.15, -0.1) is 11.3 Å². The summed E-state index contributed by atoms with van der Waals surface area (Å²) in [6.45, 7) is 2.36. The number of benzene rings is 3. The van der Waals surface area contributed by atoms with Crippen molar-refractivity contribution in [1.82, 2.24) is 5.32 Å². The van der Waals surface area contributed by atoms with Gasteiger partial charge in [0.25, 0.3) is 0 Å². The van der Waals surface area contributed by atoms with Gasteiger partial charge in [-0.25, -0.2) is 0 Å². The maximum absolute atomic E-state index is 13.7. The number of anilines is 1. The van der Waals surface area contributed by atoms with E-state index in [4.69, 9.17) is 4.74 Å². The highest BCUT2D eigenvalue weighted by molar-refractivity contribution is 7.10. The standard InChI is InChI=1S/C29H28N2O3S/c1-21-10-14-24(15-11-21)31(27(32)19-26-9-6-18-35-26)28(23-12-16-25(34-2)17-13-23)29(33)30-20-22-7-4-3-5-8-22/h3-18,28H,19-20H2,1-2H3,(H,30,33). The third-order valence-corrected chi connectivity index (χ3v) is 6.61. The summed E-state index contributed by atoms with van der Waals surface area (Å²) in [5.41, 5.74) is 3.44. The van der Waals surface area contributed by atoms with Crippen molar-refractivity contribution in [1.29, 1.82) is 0 Å². The molecule has 6 heteroatoms. The van der Waals surface area contributed by atoms with E-state index in [9.17, 15) is 9.59 Å². The van der Waals surface area contributed by atoms with Crippen LogP contribution in [-0.2, 0) is 22.6 Å². The number of hydrogen-bond donors (Lipinski definition) is 1. The molecule has 0 saturated heterocycles. The summed E-state index contributed by atoms with van der Waals surface area (Å²) in [4.78, 5) is 30.0. The van der Waals surface area contributed by atoms with E-state index in [0.717, 1.165) is 16.0 Å². The second kappa shape index (κ2) is 11.5. The maximum atomic E-state index is 13.7. The Bertz CT molecular complexity index is 1240. The Morgan fingerprint density at radius 3 is 2.26 bits per heavy atom. The molecule has 3 aromatic carbocycles. The van der Waals surface area contributed by atoms with Crippen molar-refractivity contribution in [2.45, 2.75) is 25.9 Å². The molecule has 0 fully saturated rings. The monoisotopic (exact) mass is 484 g/mol. The maximum Gasteiger partial charge on any atom is 0.248 e. The van der Waals surface area contributed by atoms with Gasteiger partial charge in [-0.3, -0.25) is 14.5 Å². The summed E-state index contributed by atoms with van der Waals surface area (Å²) >= 11 is 1.53. The zero-order chi connectivity index (χ0) is 24.6. The molecule has 0 bridgehead atoms. The molecule has 4 aromatic rings. The number of nitrogens with one attached hydrogen (secondary N) is 1. The average molecular weight is 485 g/mol.